The molecule has 1 aliphatic heterocycles. The minimum Gasteiger partial charge on any atom is -0.507 e. The summed E-state index contributed by atoms with van der Waals surface area (Å²) in [5.41, 5.74) is 2.41. The van der Waals surface area contributed by atoms with Crippen LogP contribution in [0.1, 0.15) is 13.8 Å². The maximum absolute atomic E-state index is 12.5. The van der Waals surface area contributed by atoms with Crippen LogP contribution in [0.15, 0.2) is 53.7 Å². The van der Waals surface area contributed by atoms with Crippen molar-refractivity contribution in [3.8, 4) is 17.1 Å². The van der Waals surface area contributed by atoms with Crippen molar-refractivity contribution in [3.05, 3.63) is 48.5 Å². The molecule has 0 unspecified atom stereocenters. The monoisotopic (exact) mass is 480 g/mol. The fourth-order valence-electron chi connectivity index (χ4n) is 3.90. The van der Waals surface area contributed by atoms with Gasteiger partial charge in [0.25, 0.3) is 0 Å². The number of rotatable bonds is 7. The zero-order valence-corrected chi connectivity index (χ0v) is 20.1. The summed E-state index contributed by atoms with van der Waals surface area (Å²) in [7, 11) is 0. The van der Waals surface area contributed by atoms with E-state index >= 15 is 0 Å². The lowest BCUT2D eigenvalue weighted by atomic mass is 10.2. The highest BCUT2D eigenvalue weighted by Crippen LogP contribution is 2.30. The van der Waals surface area contributed by atoms with E-state index in [1.807, 2.05) is 46.7 Å². The molecule has 1 fully saturated rings. The van der Waals surface area contributed by atoms with Crippen molar-refractivity contribution in [1.29, 1.82) is 0 Å². The van der Waals surface area contributed by atoms with Gasteiger partial charge in [0, 0.05) is 51.0 Å². The van der Waals surface area contributed by atoms with Gasteiger partial charge in [0.05, 0.1) is 11.3 Å². The third kappa shape index (κ3) is 5.33. The molecule has 2 aromatic carbocycles. The number of phenols is 1. The first-order chi connectivity index (χ1) is 16.5. The molecule has 0 radical (unpaired) electrons. The number of nitrogens with zero attached hydrogens (tertiary/aromatic N) is 5. The normalized spacial score (nSPS) is 13.7. The predicted molar refractivity (Wildman–Crippen MR) is 133 cm³/mol. The average Bonchev–Trinajstić information content (AvgIpc) is 3.26. The quantitative estimate of drug-likeness (QED) is 0.501. The SMILES string of the molecule is CCn1c(SCC(=O)Nc2ccc(N3CCN(C(C)=O)CC3)cc2)nnc1-c1ccccc1O. The van der Waals surface area contributed by atoms with Gasteiger partial charge in [-0.3, -0.25) is 9.59 Å². The summed E-state index contributed by atoms with van der Waals surface area (Å²) in [4.78, 5) is 28.1. The summed E-state index contributed by atoms with van der Waals surface area (Å²) < 4.78 is 1.88. The second-order valence-electron chi connectivity index (χ2n) is 7.94. The van der Waals surface area contributed by atoms with Crippen LogP contribution in [0, 0.1) is 0 Å². The zero-order chi connectivity index (χ0) is 24.1. The van der Waals surface area contributed by atoms with Gasteiger partial charge in [-0.05, 0) is 43.3 Å². The molecular weight excluding hydrogens is 452 g/mol. The van der Waals surface area contributed by atoms with Crippen molar-refractivity contribution in [2.45, 2.75) is 25.5 Å². The highest BCUT2D eigenvalue weighted by atomic mass is 32.2. The number of hydrogen-bond acceptors (Lipinski definition) is 7. The molecule has 178 valence electrons. The smallest absolute Gasteiger partial charge is 0.234 e. The van der Waals surface area contributed by atoms with E-state index in [-0.39, 0.29) is 23.3 Å². The van der Waals surface area contributed by atoms with E-state index in [1.54, 1.807) is 25.1 Å². The van der Waals surface area contributed by atoms with Crippen LogP contribution in [0.5, 0.6) is 5.75 Å². The number of phenolic OH excluding ortho intramolecular Hbond substituents is 1. The van der Waals surface area contributed by atoms with E-state index in [4.69, 9.17) is 0 Å². The number of hydrogen-bond donors (Lipinski definition) is 2. The third-order valence-electron chi connectivity index (χ3n) is 5.75. The molecule has 0 spiro atoms. The lowest BCUT2D eigenvalue weighted by Gasteiger charge is -2.35. The Morgan fingerprint density at radius 2 is 1.74 bits per heavy atom. The van der Waals surface area contributed by atoms with Crippen LogP contribution in [-0.2, 0) is 16.1 Å². The van der Waals surface area contributed by atoms with Gasteiger partial charge in [0.15, 0.2) is 11.0 Å². The molecule has 1 aliphatic rings. The van der Waals surface area contributed by atoms with Crippen LogP contribution in [0.4, 0.5) is 11.4 Å². The fourth-order valence-corrected chi connectivity index (χ4v) is 4.71. The molecule has 0 atom stereocenters. The van der Waals surface area contributed by atoms with Crippen molar-refractivity contribution < 1.29 is 14.7 Å². The van der Waals surface area contributed by atoms with E-state index in [1.165, 1.54) is 11.8 Å². The molecule has 0 aliphatic carbocycles. The molecule has 4 rings (SSSR count). The van der Waals surface area contributed by atoms with Crippen molar-refractivity contribution in [3.63, 3.8) is 0 Å². The summed E-state index contributed by atoms with van der Waals surface area (Å²) >= 11 is 1.30. The van der Waals surface area contributed by atoms with Crippen LogP contribution in [0.3, 0.4) is 0 Å². The van der Waals surface area contributed by atoms with E-state index in [0.717, 1.165) is 37.6 Å². The maximum atomic E-state index is 12.5. The number of carbonyl (C=O) groups excluding carboxylic acids is 2. The van der Waals surface area contributed by atoms with E-state index < -0.39 is 0 Å². The van der Waals surface area contributed by atoms with Crippen molar-refractivity contribution in [2.75, 3.05) is 42.1 Å². The Hall–Kier alpha value is -3.53. The van der Waals surface area contributed by atoms with Gasteiger partial charge < -0.3 is 24.8 Å². The number of benzene rings is 2. The Morgan fingerprint density at radius 3 is 2.38 bits per heavy atom. The van der Waals surface area contributed by atoms with Crippen LogP contribution < -0.4 is 10.2 Å². The average molecular weight is 481 g/mol. The number of para-hydroxylation sites is 1. The van der Waals surface area contributed by atoms with Crippen molar-refractivity contribution in [2.24, 2.45) is 0 Å². The first-order valence-electron chi connectivity index (χ1n) is 11.2. The number of aromatic hydroxyl groups is 1. The first kappa shape index (κ1) is 23.6. The van der Waals surface area contributed by atoms with Gasteiger partial charge in [-0.15, -0.1) is 10.2 Å². The second-order valence-corrected chi connectivity index (χ2v) is 8.89. The van der Waals surface area contributed by atoms with Crippen molar-refractivity contribution in [1.82, 2.24) is 19.7 Å². The molecule has 9 nitrogen and oxygen atoms in total. The highest BCUT2D eigenvalue weighted by molar-refractivity contribution is 7.99. The minimum absolute atomic E-state index is 0.113. The molecule has 2 N–H and O–H groups in total. The summed E-state index contributed by atoms with van der Waals surface area (Å²) in [5, 5.41) is 22.1. The number of amides is 2. The molecule has 3 aromatic rings. The molecule has 2 amide bonds. The van der Waals surface area contributed by atoms with Gasteiger partial charge in [-0.2, -0.15) is 0 Å². The largest absolute Gasteiger partial charge is 0.507 e. The summed E-state index contributed by atoms with van der Waals surface area (Å²) in [6, 6.07) is 14.7. The number of thioether (sulfide) groups is 1. The number of carbonyl (C=O) groups is 2. The van der Waals surface area contributed by atoms with Gasteiger partial charge in [0.2, 0.25) is 11.8 Å². The Bertz CT molecular complexity index is 1160. The molecule has 10 heteroatoms. The Labute approximate surface area is 202 Å². The molecule has 2 heterocycles. The Morgan fingerprint density at radius 1 is 1.03 bits per heavy atom. The lowest BCUT2D eigenvalue weighted by molar-refractivity contribution is -0.129. The first-order valence-corrected chi connectivity index (χ1v) is 12.2. The van der Waals surface area contributed by atoms with E-state index in [2.05, 4.69) is 20.4 Å². The lowest BCUT2D eigenvalue weighted by Crippen LogP contribution is -2.48. The standard InChI is InChI=1S/C24H28N6O3S/c1-3-30-23(20-6-4-5-7-21(20)32)26-27-24(30)34-16-22(33)25-18-8-10-19(11-9-18)29-14-12-28(13-15-29)17(2)31/h4-11,32H,3,12-16H2,1-2H3,(H,25,33). The van der Waals surface area contributed by atoms with Crippen LogP contribution in [-0.4, -0.2) is 68.5 Å². The topological polar surface area (TPSA) is 104 Å². The van der Waals surface area contributed by atoms with Gasteiger partial charge in [-0.25, -0.2) is 0 Å². The maximum Gasteiger partial charge on any atom is 0.234 e. The minimum atomic E-state index is -0.136. The third-order valence-corrected chi connectivity index (χ3v) is 6.72. The van der Waals surface area contributed by atoms with Gasteiger partial charge >= 0.3 is 0 Å². The van der Waals surface area contributed by atoms with E-state index in [9.17, 15) is 14.7 Å². The number of anilines is 2. The van der Waals surface area contributed by atoms with Crippen LogP contribution in [0.2, 0.25) is 0 Å². The second kappa shape index (κ2) is 10.6. The molecular formula is C24H28N6O3S. The van der Waals surface area contributed by atoms with Crippen molar-refractivity contribution >= 4 is 35.0 Å². The summed E-state index contributed by atoms with van der Waals surface area (Å²) in [6.45, 7) is 7.22. The molecule has 1 saturated heterocycles. The molecule has 34 heavy (non-hydrogen) atoms. The number of nitrogens with one attached hydrogen (secondary N) is 1. The molecule has 0 bridgehead atoms. The Balaban J connectivity index is 1.32. The summed E-state index contributed by atoms with van der Waals surface area (Å²) in [5.74, 6) is 0.879. The Kier molecular flexibility index (Phi) is 7.36. The van der Waals surface area contributed by atoms with Gasteiger partial charge in [-0.1, -0.05) is 23.9 Å². The molecule has 0 saturated carbocycles. The predicted octanol–water partition coefficient (Wildman–Crippen LogP) is 3.07. The molecule has 1 aromatic heterocycles. The summed E-state index contributed by atoms with van der Waals surface area (Å²) in [6.07, 6.45) is 0. The van der Waals surface area contributed by atoms with Crippen LogP contribution >= 0.6 is 11.8 Å². The van der Waals surface area contributed by atoms with E-state index in [0.29, 0.717) is 23.1 Å². The zero-order valence-electron chi connectivity index (χ0n) is 19.3. The van der Waals surface area contributed by atoms with Crippen LogP contribution in [0.25, 0.3) is 11.4 Å². The fraction of sp³-hybridized carbons (Fsp3) is 0.333. The highest BCUT2D eigenvalue weighted by Gasteiger charge is 2.19. The number of aromatic nitrogens is 3. The number of piperazine rings is 1. The van der Waals surface area contributed by atoms with Gasteiger partial charge in [0.1, 0.15) is 5.75 Å².